The molecule has 0 saturated carbocycles. The van der Waals surface area contributed by atoms with Crippen molar-refractivity contribution in [1.29, 1.82) is 0 Å². The van der Waals surface area contributed by atoms with Gasteiger partial charge in [0, 0.05) is 0 Å². The Hall–Kier alpha value is -2.96. The first-order valence-electron chi connectivity index (χ1n) is 7.22. The summed E-state index contributed by atoms with van der Waals surface area (Å²) in [5.74, 6) is -1.98. The number of carbonyl (C=O) groups excluding carboxylic acids is 1. The number of esters is 1. The van der Waals surface area contributed by atoms with Crippen molar-refractivity contribution in [2.75, 3.05) is 14.2 Å². The van der Waals surface area contributed by atoms with E-state index < -0.39 is 12.1 Å². The second-order valence-corrected chi connectivity index (χ2v) is 5.21. The van der Waals surface area contributed by atoms with Crippen LogP contribution in [0.2, 0.25) is 0 Å². The van der Waals surface area contributed by atoms with Crippen molar-refractivity contribution < 1.29 is 32.2 Å². The van der Waals surface area contributed by atoms with Crippen LogP contribution in [-0.4, -0.2) is 26.4 Å². The first-order valence-corrected chi connectivity index (χ1v) is 7.22. The number of hydrogen-bond acceptors (Lipinski definition) is 4. The van der Waals surface area contributed by atoms with Crippen LogP contribution in [0.4, 0.5) is 13.2 Å². The number of alkyl halides is 3. The third kappa shape index (κ3) is 2.93. The smallest absolute Gasteiger partial charge is 0.491 e. The Kier molecular flexibility index (Phi) is 4.16. The number of rotatable bonds is 3. The Morgan fingerprint density at radius 3 is 1.76 bits per heavy atom. The quantitative estimate of drug-likeness (QED) is 0.397. The molecule has 3 aromatic rings. The lowest BCUT2D eigenvalue weighted by Crippen LogP contribution is -2.28. The Morgan fingerprint density at radius 2 is 1.36 bits per heavy atom. The van der Waals surface area contributed by atoms with E-state index in [0.29, 0.717) is 10.8 Å². The maximum atomic E-state index is 12.8. The first-order chi connectivity index (χ1) is 11.9. The minimum absolute atomic E-state index is 0.246. The zero-order chi connectivity index (χ0) is 18.2. The monoisotopic (exact) mass is 350 g/mol. The zero-order valence-corrected chi connectivity index (χ0v) is 13.3. The van der Waals surface area contributed by atoms with E-state index in [0.717, 1.165) is 0 Å². The minimum Gasteiger partial charge on any atom is -0.496 e. The van der Waals surface area contributed by atoms with Crippen LogP contribution in [-0.2, 0) is 4.79 Å². The number of ether oxygens (including phenoxy) is 3. The summed E-state index contributed by atoms with van der Waals surface area (Å²) >= 11 is 0. The van der Waals surface area contributed by atoms with Gasteiger partial charge in [-0.25, -0.2) is 4.79 Å². The Balaban J connectivity index is 2.43. The van der Waals surface area contributed by atoms with Crippen LogP contribution in [0.5, 0.6) is 17.2 Å². The van der Waals surface area contributed by atoms with E-state index in [-0.39, 0.29) is 28.0 Å². The van der Waals surface area contributed by atoms with Crippen LogP contribution in [0.1, 0.15) is 0 Å². The van der Waals surface area contributed by atoms with Crippen LogP contribution >= 0.6 is 0 Å². The molecular weight excluding hydrogens is 337 g/mol. The summed E-state index contributed by atoms with van der Waals surface area (Å²) in [4.78, 5) is 11.5. The van der Waals surface area contributed by atoms with Crippen LogP contribution in [0.25, 0.3) is 21.5 Å². The maximum absolute atomic E-state index is 12.8. The number of carbonyl (C=O) groups is 1. The highest BCUT2D eigenvalue weighted by atomic mass is 19.4. The van der Waals surface area contributed by atoms with Gasteiger partial charge in [0.05, 0.1) is 25.0 Å². The molecule has 0 radical (unpaired) electrons. The first kappa shape index (κ1) is 16.9. The van der Waals surface area contributed by atoms with Gasteiger partial charge in [0.1, 0.15) is 11.5 Å². The standard InChI is InChI=1S/C18H13F3O4/c1-23-12-7-3-5-10-9-11-6-4-8-13(24-2)15(11)16(14(10)12)25-17(22)18(19,20)21/h3-9H,1-2H3. The van der Waals surface area contributed by atoms with Gasteiger partial charge in [-0.05, 0) is 29.0 Å². The molecule has 0 fully saturated rings. The summed E-state index contributed by atoms with van der Waals surface area (Å²) in [5, 5.41) is 1.68. The largest absolute Gasteiger partial charge is 0.496 e. The number of benzene rings is 3. The number of hydrogen-bond donors (Lipinski definition) is 0. The molecule has 0 aliphatic rings. The number of halogens is 3. The third-order valence-electron chi connectivity index (χ3n) is 3.75. The van der Waals surface area contributed by atoms with Crippen molar-refractivity contribution in [3.8, 4) is 17.2 Å². The second-order valence-electron chi connectivity index (χ2n) is 5.21. The molecular formula is C18H13F3O4. The second kappa shape index (κ2) is 6.16. The van der Waals surface area contributed by atoms with Gasteiger partial charge in [0.15, 0.2) is 5.75 Å². The van der Waals surface area contributed by atoms with Gasteiger partial charge in [-0.1, -0.05) is 24.3 Å². The third-order valence-corrected chi connectivity index (χ3v) is 3.75. The molecule has 0 aliphatic carbocycles. The van der Waals surface area contributed by atoms with E-state index in [1.54, 1.807) is 42.5 Å². The van der Waals surface area contributed by atoms with Gasteiger partial charge in [-0.15, -0.1) is 0 Å². The van der Waals surface area contributed by atoms with E-state index in [1.807, 2.05) is 0 Å². The lowest BCUT2D eigenvalue weighted by Gasteiger charge is -2.16. The van der Waals surface area contributed by atoms with Crippen LogP contribution < -0.4 is 14.2 Å². The molecule has 0 bridgehead atoms. The van der Waals surface area contributed by atoms with E-state index >= 15 is 0 Å². The molecule has 0 unspecified atom stereocenters. The summed E-state index contributed by atoms with van der Waals surface area (Å²) in [6.07, 6.45) is -5.13. The lowest BCUT2D eigenvalue weighted by atomic mass is 10.0. The Labute approximate surface area is 140 Å². The van der Waals surface area contributed by atoms with Crippen molar-refractivity contribution in [2.45, 2.75) is 6.18 Å². The van der Waals surface area contributed by atoms with E-state index in [2.05, 4.69) is 0 Å². The topological polar surface area (TPSA) is 44.8 Å². The fourth-order valence-electron chi connectivity index (χ4n) is 2.71. The van der Waals surface area contributed by atoms with Crippen molar-refractivity contribution in [3.63, 3.8) is 0 Å². The van der Waals surface area contributed by atoms with Crippen molar-refractivity contribution in [3.05, 3.63) is 42.5 Å². The lowest BCUT2D eigenvalue weighted by molar-refractivity contribution is -0.189. The summed E-state index contributed by atoms with van der Waals surface area (Å²) in [7, 11) is 2.77. The fourth-order valence-corrected chi connectivity index (χ4v) is 2.71. The molecule has 0 saturated heterocycles. The summed E-state index contributed by atoms with van der Waals surface area (Å²) in [6, 6.07) is 11.7. The highest BCUT2D eigenvalue weighted by molar-refractivity contribution is 6.11. The highest BCUT2D eigenvalue weighted by Gasteiger charge is 2.42. The zero-order valence-electron chi connectivity index (χ0n) is 13.3. The molecule has 3 rings (SSSR count). The average Bonchev–Trinajstić information content (AvgIpc) is 2.59. The van der Waals surface area contributed by atoms with E-state index in [4.69, 9.17) is 14.2 Å². The predicted molar refractivity (Wildman–Crippen MR) is 86.2 cm³/mol. The average molecular weight is 350 g/mol. The molecule has 25 heavy (non-hydrogen) atoms. The molecule has 0 atom stereocenters. The molecule has 0 N–H and O–H groups in total. The molecule has 0 aliphatic heterocycles. The Morgan fingerprint density at radius 1 is 0.880 bits per heavy atom. The molecule has 130 valence electrons. The van der Waals surface area contributed by atoms with Gasteiger partial charge in [-0.3, -0.25) is 0 Å². The van der Waals surface area contributed by atoms with E-state index in [1.165, 1.54) is 14.2 Å². The van der Waals surface area contributed by atoms with Gasteiger partial charge in [-0.2, -0.15) is 13.2 Å². The molecule has 0 heterocycles. The molecule has 3 aromatic carbocycles. The summed E-state index contributed by atoms with van der Waals surface area (Å²) in [6.45, 7) is 0. The van der Waals surface area contributed by atoms with Crippen molar-refractivity contribution in [2.24, 2.45) is 0 Å². The maximum Gasteiger partial charge on any atom is 0.491 e. The minimum atomic E-state index is -5.13. The molecule has 0 aromatic heterocycles. The molecule has 4 nitrogen and oxygen atoms in total. The fraction of sp³-hybridized carbons (Fsp3) is 0.167. The van der Waals surface area contributed by atoms with Gasteiger partial charge in [0.25, 0.3) is 0 Å². The summed E-state index contributed by atoms with van der Waals surface area (Å²) < 4.78 is 53.5. The SMILES string of the molecule is COc1cccc2cc3cccc(OC)c3c(OC(=O)C(F)(F)F)c12. The number of methoxy groups -OCH3 is 2. The normalized spacial score (nSPS) is 11.6. The van der Waals surface area contributed by atoms with Crippen molar-refractivity contribution >= 4 is 27.5 Å². The summed E-state index contributed by atoms with van der Waals surface area (Å²) in [5.41, 5.74) is 0. The highest BCUT2D eigenvalue weighted by Crippen LogP contribution is 2.44. The predicted octanol–water partition coefficient (Wildman–Crippen LogP) is 4.48. The van der Waals surface area contributed by atoms with Crippen LogP contribution in [0.3, 0.4) is 0 Å². The van der Waals surface area contributed by atoms with Gasteiger partial charge >= 0.3 is 12.1 Å². The van der Waals surface area contributed by atoms with E-state index in [9.17, 15) is 18.0 Å². The van der Waals surface area contributed by atoms with Crippen molar-refractivity contribution in [1.82, 2.24) is 0 Å². The van der Waals surface area contributed by atoms with Gasteiger partial charge in [0.2, 0.25) is 0 Å². The molecule has 0 spiro atoms. The number of fused-ring (bicyclic) bond motifs is 2. The molecule has 0 amide bonds. The van der Waals surface area contributed by atoms with Crippen LogP contribution in [0, 0.1) is 0 Å². The Bertz CT molecular complexity index is 902. The van der Waals surface area contributed by atoms with Crippen LogP contribution in [0.15, 0.2) is 42.5 Å². The molecule has 7 heteroatoms. The van der Waals surface area contributed by atoms with Gasteiger partial charge < -0.3 is 14.2 Å².